The van der Waals surface area contributed by atoms with Crippen LogP contribution >= 0.6 is 15.9 Å². The van der Waals surface area contributed by atoms with Crippen molar-refractivity contribution in [1.82, 2.24) is 18.7 Å². The second-order valence-corrected chi connectivity index (χ2v) is 8.05. The van der Waals surface area contributed by atoms with E-state index in [4.69, 9.17) is 4.74 Å². The Balaban J connectivity index is 1.88. The topological polar surface area (TPSA) is 88.1 Å². The minimum atomic E-state index is -0.391. The number of aryl methyl sites for hydroxylation is 1. The van der Waals surface area contributed by atoms with Crippen molar-refractivity contribution in [3.63, 3.8) is 0 Å². The number of rotatable bonds is 8. The highest BCUT2D eigenvalue weighted by atomic mass is 79.9. The first-order valence-corrected chi connectivity index (χ1v) is 10.7. The molecule has 0 saturated heterocycles. The van der Waals surface area contributed by atoms with Crippen molar-refractivity contribution >= 4 is 33.1 Å². The van der Waals surface area contributed by atoms with Crippen molar-refractivity contribution < 1.29 is 9.53 Å². The van der Waals surface area contributed by atoms with Crippen LogP contribution in [0.2, 0.25) is 0 Å². The molecular weight excluding hydrogens is 452 g/mol. The van der Waals surface area contributed by atoms with Crippen LogP contribution in [0.3, 0.4) is 0 Å². The summed E-state index contributed by atoms with van der Waals surface area (Å²) in [4.78, 5) is 41.3. The Morgan fingerprint density at radius 2 is 1.87 bits per heavy atom. The van der Waals surface area contributed by atoms with Gasteiger partial charge in [-0.05, 0) is 47.7 Å². The predicted octanol–water partition coefficient (Wildman–Crippen LogP) is 2.83. The summed E-state index contributed by atoms with van der Waals surface area (Å²) in [6, 6.07) is 9.76. The fraction of sp³-hybridized carbons (Fsp3) is 0.429. The lowest BCUT2D eigenvalue weighted by atomic mass is 10.2. The largest absolute Gasteiger partial charge is 0.463 e. The van der Waals surface area contributed by atoms with E-state index in [9.17, 15) is 14.4 Å². The highest BCUT2D eigenvalue weighted by molar-refractivity contribution is 9.10. The van der Waals surface area contributed by atoms with E-state index in [2.05, 4.69) is 20.9 Å². The number of carbonyl (C=O) groups excluding carboxylic acids is 1. The smallest absolute Gasteiger partial charge is 0.332 e. The third kappa shape index (κ3) is 4.72. The second-order valence-electron chi connectivity index (χ2n) is 7.34. The molecule has 0 bridgehead atoms. The molecule has 0 aliphatic rings. The van der Waals surface area contributed by atoms with Crippen LogP contribution in [-0.4, -0.2) is 30.8 Å². The van der Waals surface area contributed by atoms with Crippen LogP contribution in [0.25, 0.3) is 11.2 Å². The van der Waals surface area contributed by atoms with Crippen LogP contribution in [0.1, 0.15) is 38.7 Å². The highest BCUT2D eigenvalue weighted by Gasteiger charge is 2.19. The van der Waals surface area contributed by atoms with Crippen LogP contribution in [0, 0.1) is 0 Å². The lowest BCUT2D eigenvalue weighted by molar-refractivity contribution is -0.145. The molecule has 0 fully saturated rings. The van der Waals surface area contributed by atoms with Gasteiger partial charge in [0.05, 0.1) is 12.6 Å². The van der Waals surface area contributed by atoms with E-state index in [1.165, 1.54) is 16.1 Å². The molecule has 160 valence electrons. The van der Waals surface area contributed by atoms with Gasteiger partial charge in [-0.25, -0.2) is 9.78 Å². The van der Waals surface area contributed by atoms with Crippen molar-refractivity contribution in [1.29, 1.82) is 0 Å². The van der Waals surface area contributed by atoms with Gasteiger partial charge in [0.15, 0.2) is 15.9 Å². The number of ether oxygens (including phenoxy) is 1. The van der Waals surface area contributed by atoms with Gasteiger partial charge in [-0.15, -0.1) is 0 Å². The van der Waals surface area contributed by atoms with Gasteiger partial charge in [0.2, 0.25) is 0 Å². The van der Waals surface area contributed by atoms with Crippen LogP contribution in [0.4, 0.5) is 0 Å². The van der Waals surface area contributed by atoms with Crippen molar-refractivity contribution in [2.24, 2.45) is 7.05 Å². The summed E-state index contributed by atoms with van der Waals surface area (Å²) < 4.78 is 10.1. The molecule has 3 aromatic rings. The average Bonchev–Trinajstić information content (AvgIpc) is 3.02. The van der Waals surface area contributed by atoms with Gasteiger partial charge in [-0.1, -0.05) is 30.3 Å². The van der Waals surface area contributed by atoms with Crippen LogP contribution in [-0.2, 0) is 29.7 Å². The molecule has 0 N–H and O–H groups in total. The van der Waals surface area contributed by atoms with Crippen molar-refractivity contribution in [2.75, 3.05) is 0 Å². The summed E-state index contributed by atoms with van der Waals surface area (Å²) in [7, 11) is 1.62. The van der Waals surface area contributed by atoms with Gasteiger partial charge in [0.25, 0.3) is 5.56 Å². The molecule has 0 aliphatic heterocycles. The first-order chi connectivity index (χ1) is 14.3. The number of benzene rings is 1. The molecule has 0 radical (unpaired) electrons. The third-order valence-electron chi connectivity index (χ3n) is 4.98. The Bertz CT molecular complexity index is 1160. The number of fused-ring (bicyclic) bond motifs is 1. The molecular formula is C21H25BrN4O4. The summed E-state index contributed by atoms with van der Waals surface area (Å²) in [6.45, 7) is 3.97. The van der Waals surface area contributed by atoms with E-state index >= 15 is 0 Å². The molecule has 2 aromatic heterocycles. The molecule has 1 atom stereocenters. The summed E-state index contributed by atoms with van der Waals surface area (Å²) in [6.07, 6.45) is 1.84. The zero-order valence-corrected chi connectivity index (χ0v) is 18.9. The van der Waals surface area contributed by atoms with Gasteiger partial charge >= 0.3 is 11.7 Å². The normalized spacial score (nSPS) is 12.3. The SMILES string of the molecule is CC(=O)OC(C)CCCCn1c(=O)c2c(nc(Br)n2Cc2ccccc2)n(C)c1=O. The van der Waals surface area contributed by atoms with Gasteiger partial charge in [0, 0.05) is 20.5 Å². The molecule has 0 saturated carbocycles. The number of hydrogen-bond acceptors (Lipinski definition) is 5. The first kappa shape index (κ1) is 22.0. The van der Waals surface area contributed by atoms with E-state index in [-0.39, 0.29) is 17.6 Å². The zero-order chi connectivity index (χ0) is 21.8. The maximum Gasteiger partial charge on any atom is 0.332 e. The van der Waals surface area contributed by atoms with E-state index < -0.39 is 5.69 Å². The number of hydrogen-bond donors (Lipinski definition) is 0. The molecule has 1 aromatic carbocycles. The molecule has 30 heavy (non-hydrogen) atoms. The second kappa shape index (κ2) is 9.42. The molecule has 3 rings (SSSR count). The van der Waals surface area contributed by atoms with E-state index in [0.717, 1.165) is 12.0 Å². The maximum absolute atomic E-state index is 13.2. The van der Waals surface area contributed by atoms with Crippen LogP contribution in [0.15, 0.2) is 44.7 Å². The van der Waals surface area contributed by atoms with E-state index in [0.29, 0.717) is 41.8 Å². The Kier molecular flexibility index (Phi) is 6.91. The summed E-state index contributed by atoms with van der Waals surface area (Å²) in [5, 5.41) is 0. The van der Waals surface area contributed by atoms with E-state index in [1.54, 1.807) is 11.6 Å². The van der Waals surface area contributed by atoms with Gasteiger partial charge < -0.3 is 9.30 Å². The number of aromatic nitrogens is 4. The fourth-order valence-electron chi connectivity index (χ4n) is 3.50. The van der Waals surface area contributed by atoms with Crippen molar-refractivity contribution in [3.8, 4) is 0 Å². The number of imidazole rings is 1. The maximum atomic E-state index is 13.2. The highest BCUT2D eigenvalue weighted by Crippen LogP contribution is 2.18. The first-order valence-electron chi connectivity index (χ1n) is 9.86. The molecule has 0 amide bonds. The molecule has 0 aliphatic carbocycles. The summed E-state index contributed by atoms with van der Waals surface area (Å²) >= 11 is 3.43. The lowest BCUT2D eigenvalue weighted by Crippen LogP contribution is -2.39. The number of unbranched alkanes of at least 4 members (excludes halogenated alkanes) is 1. The Hall–Kier alpha value is -2.68. The van der Waals surface area contributed by atoms with Crippen LogP contribution in [0.5, 0.6) is 0 Å². The lowest BCUT2D eigenvalue weighted by Gasteiger charge is -2.12. The number of halogens is 1. The van der Waals surface area contributed by atoms with Crippen molar-refractivity contribution in [2.45, 2.75) is 52.3 Å². The zero-order valence-electron chi connectivity index (χ0n) is 17.3. The summed E-state index contributed by atoms with van der Waals surface area (Å²) in [5.74, 6) is -0.310. The Labute approximate surface area is 182 Å². The number of carbonyl (C=O) groups is 1. The summed E-state index contributed by atoms with van der Waals surface area (Å²) in [5.41, 5.74) is 1.03. The number of nitrogens with zero attached hydrogens (tertiary/aromatic N) is 4. The molecule has 1 unspecified atom stereocenters. The van der Waals surface area contributed by atoms with E-state index in [1.807, 2.05) is 37.3 Å². The Morgan fingerprint density at radius 1 is 1.17 bits per heavy atom. The number of esters is 1. The minimum Gasteiger partial charge on any atom is -0.463 e. The predicted molar refractivity (Wildman–Crippen MR) is 118 cm³/mol. The minimum absolute atomic E-state index is 0.187. The monoisotopic (exact) mass is 476 g/mol. The molecule has 2 heterocycles. The molecule has 9 heteroatoms. The average molecular weight is 477 g/mol. The van der Waals surface area contributed by atoms with Gasteiger partial charge in [0.1, 0.15) is 0 Å². The molecule has 8 nitrogen and oxygen atoms in total. The fourth-order valence-corrected chi connectivity index (χ4v) is 3.97. The van der Waals surface area contributed by atoms with Gasteiger partial charge in [-0.3, -0.25) is 18.7 Å². The quantitative estimate of drug-likeness (QED) is 0.283. The van der Waals surface area contributed by atoms with Crippen LogP contribution < -0.4 is 11.2 Å². The molecule has 0 spiro atoms. The standard InChI is InChI=1S/C21H25BrN4O4/c1-14(30-15(2)27)9-7-8-12-25-19(28)17-18(24(3)21(25)29)23-20(22)26(17)13-16-10-5-4-6-11-16/h4-6,10-11,14H,7-9,12-13H2,1-3H3. The van der Waals surface area contributed by atoms with Gasteiger partial charge in [-0.2, -0.15) is 0 Å². The Morgan fingerprint density at radius 3 is 2.53 bits per heavy atom. The third-order valence-corrected chi connectivity index (χ3v) is 5.58. The van der Waals surface area contributed by atoms with Crippen molar-refractivity contribution in [3.05, 3.63) is 61.5 Å².